The molecule has 2 heterocycles. The van der Waals surface area contributed by atoms with E-state index in [-0.39, 0.29) is 17.7 Å². The third-order valence-corrected chi connectivity index (χ3v) is 5.50. The van der Waals surface area contributed by atoms with Crippen LogP contribution in [0.3, 0.4) is 0 Å². The summed E-state index contributed by atoms with van der Waals surface area (Å²) in [6, 6.07) is 15.8. The van der Waals surface area contributed by atoms with Crippen molar-refractivity contribution in [3.8, 4) is 17.7 Å². The largest absolute Gasteiger partial charge is 0.438 e. The highest BCUT2D eigenvalue weighted by Gasteiger charge is 2.18. The van der Waals surface area contributed by atoms with Gasteiger partial charge in [0.2, 0.25) is 11.8 Å². The normalized spacial score (nSPS) is 12.3. The van der Waals surface area contributed by atoms with Crippen molar-refractivity contribution in [3.63, 3.8) is 0 Å². The SMILES string of the molecule is Cc1cc(Oc2ncccc2C#N)ccc1NC(=O)c1ccc2c(c1)NC(=O)CS2. The van der Waals surface area contributed by atoms with Crippen LogP contribution in [-0.2, 0) is 4.79 Å². The predicted molar refractivity (Wildman–Crippen MR) is 114 cm³/mol. The van der Waals surface area contributed by atoms with Gasteiger partial charge in [0.25, 0.3) is 5.91 Å². The molecular weight excluding hydrogens is 400 g/mol. The lowest BCUT2D eigenvalue weighted by Crippen LogP contribution is -2.20. The highest BCUT2D eigenvalue weighted by molar-refractivity contribution is 8.00. The number of aromatic nitrogens is 1. The third kappa shape index (κ3) is 4.11. The van der Waals surface area contributed by atoms with Gasteiger partial charge in [-0.25, -0.2) is 4.98 Å². The number of hydrogen-bond donors (Lipinski definition) is 2. The van der Waals surface area contributed by atoms with Gasteiger partial charge < -0.3 is 15.4 Å². The van der Waals surface area contributed by atoms with Crippen LogP contribution >= 0.6 is 11.8 Å². The number of rotatable bonds is 4. The first kappa shape index (κ1) is 19.5. The summed E-state index contributed by atoms with van der Waals surface area (Å²) in [5.74, 6) is 0.750. The quantitative estimate of drug-likeness (QED) is 0.655. The Bertz CT molecular complexity index is 1200. The van der Waals surface area contributed by atoms with Crippen LogP contribution in [0, 0.1) is 18.3 Å². The molecule has 30 heavy (non-hydrogen) atoms. The van der Waals surface area contributed by atoms with Gasteiger partial charge in [-0.15, -0.1) is 11.8 Å². The summed E-state index contributed by atoms with van der Waals surface area (Å²) in [4.78, 5) is 29.3. The lowest BCUT2D eigenvalue weighted by Gasteiger charge is -2.17. The van der Waals surface area contributed by atoms with E-state index in [9.17, 15) is 9.59 Å². The van der Waals surface area contributed by atoms with Gasteiger partial charge in [0.1, 0.15) is 17.4 Å². The Labute approximate surface area is 177 Å². The van der Waals surface area contributed by atoms with Crippen molar-refractivity contribution in [1.82, 2.24) is 4.98 Å². The van der Waals surface area contributed by atoms with Crippen LogP contribution in [0.2, 0.25) is 0 Å². The lowest BCUT2D eigenvalue weighted by atomic mass is 10.1. The van der Waals surface area contributed by atoms with Gasteiger partial charge in [-0.1, -0.05) is 0 Å². The second-order valence-corrected chi connectivity index (χ2v) is 7.57. The van der Waals surface area contributed by atoms with Crippen molar-refractivity contribution >= 4 is 35.0 Å². The second-order valence-electron chi connectivity index (χ2n) is 6.55. The van der Waals surface area contributed by atoms with Gasteiger partial charge in [-0.2, -0.15) is 5.26 Å². The molecule has 4 rings (SSSR count). The highest BCUT2D eigenvalue weighted by Crippen LogP contribution is 2.32. The summed E-state index contributed by atoms with van der Waals surface area (Å²) in [6.07, 6.45) is 1.55. The molecule has 8 heteroatoms. The minimum Gasteiger partial charge on any atom is -0.438 e. The molecule has 0 saturated heterocycles. The molecule has 0 spiro atoms. The Morgan fingerprint density at radius 2 is 2.13 bits per heavy atom. The van der Waals surface area contributed by atoms with Crippen molar-refractivity contribution in [2.75, 3.05) is 16.4 Å². The highest BCUT2D eigenvalue weighted by atomic mass is 32.2. The maximum Gasteiger partial charge on any atom is 0.255 e. The number of anilines is 2. The fourth-order valence-corrected chi connectivity index (χ4v) is 3.72. The van der Waals surface area contributed by atoms with E-state index in [4.69, 9.17) is 10.00 Å². The number of carbonyl (C=O) groups excluding carboxylic acids is 2. The summed E-state index contributed by atoms with van der Waals surface area (Å²) >= 11 is 1.45. The number of amides is 2. The molecule has 2 N–H and O–H groups in total. The number of carbonyl (C=O) groups is 2. The van der Waals surface area contributed by atoms with Gasteiger partial charge in [-0.05, 0) is 61.0 Å². The Morgan fingerprint density at radius 3 is 2.93 bits per heavy atom. The zero-order chi connectivity index (χ0) is 21.1. The number of benzene rings is 2. The van der Waals surface area contributed by atoms with Crippen molar-refractivity contribution in [1.29, 1.82) is 5.26 Å². The Balaban J connectivity index is 1.50. The van der Waals surface area contributed by atoms with E-state index in [0.717, 1.165) is 10.5 Å². The van der Waals surface area contributed by atoms with Crippen LogP contribution in [0.25, 0.3) is 0 Å². The molecule has 7 nitrogen and oxygen atoms in total. The van der Waals surface area contributed by atoms with Crippen LogP contribution < -0.4 is 15.4 Å². The van der Waals surface area contributed by atoms with Crippen LogP contribution in [-0.4, -0.2) is 22.6 Å². The van der Waals surface area contributed by atoms with Gasteiger partial charge in [0.15, 0.2) is 0 Å². The smallest absolute Gasteiger partial charge is 0.255 e. The Hall–Kier alpha value is -3.83. The van der Waals surface area contributed by atoms with Crippen molar-refractivity contribution in [2.24, 2.45) is 0 Å². The molecule has 1 aliphatic rings. The molecule has 2 amide bonds. The van der Waals surface area contributed by atoms with Crippen molar-refractivity contribution < 1.29 is 14.3 Å². The number of nitriles is 1. The fraction of sp³-hybridized carbons (Fsp3) is 0.0909. The number of fused-ring (bicyclic) bond motifs is 1. The van der Waals surface area contributed by atoms with E-state index in [1.54, 1.807) is 48.7 Å². The standard InChI is InChI=1S/C22H16N4O3S/c1-13-9-16(29-22-15(11-23)3-2-8-24-22)5-6-17(13)26-21(28)14-4-7-19-18(10-14)25-20(27)12-30-19/h2-10H,12H2,1H3,(H,25,27)(H,26,28). The maximum atomic E-state index is 12.7. The first-order chi connectivity index (χ1) is 14.5. The molecule has 0 saturated carbocycles. The van der Waals surface area contributed by atoms with E-state index in [0.29, 0.717) is 34.0 Å². The molecular formula is C22H16N4O3S. The molecule has 0 fully saturated rings. The summed E-state index contributed by atoms with van der Waals surface area (Å²) < 4.78 is 5.71. The summed E-state index contributed by atoms with van der Waals surface area (Å²) in [5.41, 5.74) is 2.85. The van der Waals surface area contributed by atoms with E-state index in [1.807, 2.05) is 19.1 Å². The number of pyridine rings is 1. The van der Waals surface area contributed by atoms with Crippen molar-refractivity contribution in [3.05, 3.63) is 71.4 Å². The third-order valence-electron chi connectivity index (χ3n) is 4.43. The van der Waals surface area contributed by atoms with E-state index in [2.05, 4.69) is 15.6 Å². The molecule has 1 aliphatic heterocycles. The molecule has 0 bridgehead atoms. The first-order valence-corrected chi connectivity index (χ1v) is 10.0. The maximum absolute atomic E-state index is 12.7. The number of nitrogens with one attached hydrogen (secondary N) is 2. The van der Waals surface area contributed by atoms with E-state index >= 15 is 0 Å². The van der Waals surface area contributed by atoms with Gasteiger partial charge >= 0.3 is 0 Å². The average Bonchev–Trinajstić information content (AvgIpc) is 2.75. The number of thioether (sulfide) groups is 1. The lowest BCUT2D eigenvalue weighted by molar-refractivity contribution is -0.113. The first-order valence-electron chi connectivity index (χ1n) is 9.05. The molecule has 1 aromatic heterocycles. The summed E-state index contributed by atoms with van der Waals surface area (Å²) in [7, 11) is 0. The second kappa shape index (κ2) is 8.27. The Kier molecular flexibility index (Phi) is 5.37. The van der Waals surface area contributed by atoms with Crippen molar-refractivity contribution in [2.45, 2.75) is 11.8 Å². The number of aryl methyl sites for hydroxylation is 1. The minimum atomic E-state index is -0.282. The van der Waals surface area contributed by atoms with Crippen LogP contribution in [0.15, 0.2) is 59.6 Å². The van der Waals surface area contributed by atoms with Crippen LogP contribution in [0.1, 0.15) is 21.5 Å². The summed E-state index contributed by atoms with van der Waals surface area (Å²) in [5, 5.41) is 14.8. The van der Waals surface area contributed by atoms with Gasteiger partial charge in [-0.3, -0.25) is 9.59 Å². The summed E-state index contributed by atoms with van der Waals surface area (Å²) in [6.45, 7) is 1.84. The Morgan fingerprint density at radius 1 is 1.27 bits per heavy atom. The zero-order valence-electron chi connectivity index (χ0n) is 15.9. The monoisotopic (exact) mass is 416 g/mol. The minimum absolute atomic E-state index is 0.0797. The fourth-order valence-electron chi connectivity index (χ4n) is 2.93. The number of ether oxygens (including phenoxy) is 1. The molecule has 3 aromatic rings. The number of nitrogens with zero attached hydrogens (tertiary/aromatic N) is 2. The topological polar surface area (TPSA) is 104 Å². The van der Waals surface area contributed by atoms with Crippen LogP contribution in [0.4, 0.5) is 11.4 Å². The van der Waals surface area contributed by atoms with Gasteiger partial charge in [0.05, 0.1) is 11.4 Å². The average molecular weight is 416 g/mol. The number of hydrogen-bond acceptors (Lipinski definition) is 6. The van der Waals surface area contributed by atoms with Crippen LogP contribution in [0.5, 0.6) is 11.6 Å². The molecule has 2 aromatic carbocycles. The predicted octanol–water partition coefficient (Wildman–Crippen LogP) is 4.35. The zero-order valence-corrected chi connectivity index (χ0v) is 16.7. The molecule has 0 aliphatic carbocycles. The molecule has 0 atom stereocenters. The van der Waals surface area contributed by atoms with E-state index in [1.165, 1.54) is 11.8 Å². The van der Waals surface area contributed by atoms with E-state index < -0.39 is 0 Å². The molecule has 148 valence electrons. The molecule has 0 radical (unpaired) electrons. The molecule has 0 unspecified atom stereocenters. The van der Waals surface area contributed by atoms with Gasteiger partial charge in [0, 0.05) is 22.3 Å².